The molecule has 0 saturated heterocycles. The van der Waals surface area contributed by atoms with Crippen molar-refractivity contribution in [2.75, 3.05) is 6.54 Å². The quantitative estimate of drug-likeness (QED) is 0.876. The van der Waals surface area contributed by atoms with E-state index in [4.69, 9.17) is 5.11 Å². The lowest BCUT2D eigenvalue weighted by molar-refractivity contribution is -0.143. The molecular weight excluding hydrogens is 304 g/mol. The van der Waals surface area contributed by atoms with Gasteiger partial charge in [0.2, 0.25) is 5.91 Å². The van der Waals surface area contributed by atoms with Gasteiger partial charge in [0.15, 0.2) is 11.6 Å². The van der Waals surface area contributed by atoms with Crippen molar-refractivity contribution in [2.24, 2.45) is 11.8 Å². The molecule has 4 nitrogen and oxygen atoms in total. The second-order valence-electron chi connectivity index (χ2n) is 6.58. The van der Waals surface area contributed by atoms with Crippen molar-refractivity contribution in [1.82, 2.24) is 4.90 Å². The first-order valence-electron chi connectivity index (χ1n) is 7.86. The van der Waals surface area contributed by atoms with Crippen LogP contribution in [0.5, 0.6) is 0 Å². The lowest BCUT2D eigenvalue weighted by Crippen LogP contribution is -2.39. The van der Waals surface area contributed by atoms with E-state index in [-0.39, 0.29) is 30.3 Å². The minimum atomic E-state index is -0.920. The van der Waals surface area contributed by atoms with Crippen molar-refractivity contribution < 1.29 is 23.5 Å². The van der Waals surface area contributed by atoms with Crippen LogP contribution in [-0.2, 0) is 9.59 Å². The van der Waals surface area contributed by atoms with Crippen molar-refractivity contribution in [2.45, 2.75) is 38.1 Å². The average molecular weight is 323 g/mol. The number of hydrogen-bond donors (Lipinski definition) is 1. The topological polar surface area (TPSA) is 57.6 Å². The third-order valence-corrected chi connectivity index (χ3v) is 4.64. The van der Waals surface area contributed by atoms with E-state index in [1.165, 1.54) is 6.07 Å². The predicted molar refractivity (Wildman–Crippen MR) is 78.7 cm³/mol. The molecule has 0 heterocycles. The molecule has 0 aromatic heterocycles. The zero-order valence-electron chi connectivity index (χ0n) is 12.8. The second kappa shape index (κ2) is 5.91. The van der Waals surface area contributed by atoms with Crippen molar-refractivity contribution in [3.05, 3.63) is 35.4 Å². The molecule has 2 aliphatic rings. The highest BCUT2D eigenvalue weighted by Crippen LogP contribution is 2.49. The number of carbonyl (C=O) groups is 2. The zero-order valence-corrected chi connectivity index (χ0v) is 12.8. The fourth-order valence-electron chi connectivity index (χ4n) is 2.97. The molecule has 0 aliphatic heterocycles. The van der Waals surface area contributed by atoms with Gasteiger partial charge in [-0.15, -0.1) is 0 Å². The second-order valence-corrected chi connectivity index (χ2v) is 6.58. The first kappa shape index (κ1) is 15.9. The number of carboxylic acid groups (broad SMARTS) is 1. The number of aliphatic carboxylic acids is 1. The summed E-state index contributed by atoms with van der Waals surface area (Å²) >= 11 is 0. The maximum Gasteiger partial charge on any atom is 0.308 e. The van der Waals surface area contributed by atoms with Crippen LogP contribution in [0.25, 0.3) is 0 Å². The van der Waals surface area contributed by atoms with Gasteiger partial charge in [0, 0.05) is 18.5 Å². The molecule has 1 amide bonds. The zero-order chi connectivity index (χ0) is 16.7. The van der Waals surface area contributed by atoms with Gasteiger partial charge in [0.05, 0.1) is 5.92 Å². The lowest BCUT2D eigenvalue weighted by atomic mass is 10.1. The Bertz CT molecular complexity index is 645. The molecule has 3 unspecified atom stereocenters. The van der Waals surface area contributed by atoms with Gasteiger partial charge < -0.3 is 10.0 Å². The fourth-order valence-corrected chi connectivity index (χ4v) is 2.97. The summed E-state index contributed by atoms with van der Waals surface area (Å²) in [5.41, 5.74) is 0.629. The maximum atomic E-state index is 13.3. The third-order valence-electron chi connectivity index (χ3n) is 4.64. The van der Waals surface area contributed by atoms with Gasteiger partial charge in [0.1, 0.15) is 0 Å². The van der Waals surface area contributed by atoms with Gasteiger partial charge in [0.25, 0.3) is 0 Å². The molecule has 2 saturated carbocycles. The average Bonchev–Trinajstić information content (AvgIpc) is 3.38. The number of rotatable bonds is 6. The molecule has 3 atom stereocenters. The van der Waals surface area contributed by atoms with E-state index in [1.54, 1.807) is 11.8 Å². The van der Waals surface area contributed by atoms with Crippen molar-refractivity contribution >= 4 is 11.9 Å². The van der Waals surface area contributed by atoms with E-state index in [1.807, 2.05) is 0 Å². The highest BCUT2D eigenvalue weighted by atomic mass is 19.2. The van der Waals surface area contributed by atoms with Gasteiger partial charge >= 0.3 is 5.97 Å². The Labute approximate surface area is 133 Å². The normalized spacial score (nSPS) is 24.1. The van der Waals surface area contributed by atoms with E-state index in [9.17, 15) is 18.4 Å². The summed E-state index contributed by atoms with van der Waals surface area (Å²) in [4.78, 5) is 25.3. The number of hydrogen-bond acceptors (Lipinski definition) is 2. The largest absolute Gasteiger partial charge is 0.481 e. The fraction of sp³-hybridized carbons (Fsp3) is 0.529. The number of benzene rings is 1. The van der Waals surface area contributed by atoms with Gasteiger partial charge in [-0.3, -0.25) is 9.59 Å². The molecule has 1 aromatic carbocycles. The number of carboxylic acids is 1. The van der Waals surface area contributed by atoms with Gasteiger partial charge in [-0.25, -0.2) is 8.78 Å². The summed E-state index contributed by atoms with van der Waals surface area (Å²) < 4.78 is 26.3. The van der Waals surface area contributed by atoms with E-state index in [0.29, 0.717) is 12.0 Å². The van der Waals surface area contributed by atoms with E-state index < -0.39 is 23.5 Å². The minimum Gasteiger partial charge on any atom is -0.481 e. The number of halogens is 2. The lowest BCUT2D eigenvalue weighted by Gasteiger charge is -2.24. The van der Waals surface area contributed by atoms with E-state index in [2.05, 4.69) is 0 Å². The summed E-state index contributed by atoms with van der Waals surface area (Å²) in [5.74, 6) is -3.74. The number of nitrogens with zero attached hydrogens (tertiary/aromatic N) is 1. The molecule has 0 bridgehead atoms. The van der Waals surface area contributed by atoms with Crippen LogP contribution in [0.2, 0.25) is 0 Å². The summed E-state index contributed by atoms with van der Waals surface area (Å²) in [6.07, 6.45) is 2.41. The summed E-state index contributed by atoms with van der Waals surface area (Å²) in [6, 6.07) is 3.87. The first-order valence-corrected chi connectivity index (χ1v) is 7.86. The van der Waals surface area contributed by atoms with Crippen molar-refractivity contribution in [1.29, 1.82) is 0 Å². The summed E-state index contributed by atoms with van der Waals surface area (Å²) in [6.45, 7) is 1.80. The molecule has 0 spiro atoms. The molecule has 2 fully saturated rings. The molecule has 1 aromatic rings. The van der Waals surface area contributed by atoms with Crippen molar-refractivity contribution in [3.8, 4) is 0 Å². The van der Waals surface area contributed by atoms with Gasteiger partial charge in [-0.05, 0) is 42.9 Å². The molecular formula is C17H19F2NO3. The summed E-state index contributed by atoms with van der Waals surface area (Å²) in [5, 5.41) is 9.04. The number of carbonyl (C=O) groups excluding carboxylic acids is 1. The molecule has 0 radical (unpaired) electrons. The Kier molecular flexibility index (Phi) is 4.08. The van der Waals surface area contributed by atoms with Crippen LogP contribution in [-0.4, -0.2) is 34.5 Å². The Morgan fingerprint density at radius 3 is 2.57 bits per heavy atom. The highest BCUT2D eigenvalue weighted by molar-refractivity contribution is 5.84. The van der Waals surface area contributed by atoms with Crippen LogP contribution in [0, 0.1) is 23.5 Å². The molecule has 3 rings (SSSR count). The van der Waals surface area contributed by atoms with Crippen LogP contribution >= 0.6 is 0 Å². The Morgan fingerprint density at radius 1 is 1.30 bits per heavy atom. The van der Waals surface area contributed by atoms with Crippen LogP contribution < -0.4 is 0 Å². The third kappa shape index (κ3) is 3.35. The van der Waals surface area contributed by atoms with Crippen LogP contribution in [0.15, 0.2) is 18.2 Å². The molecule has 23 heavy (non-hydrogen) atoms. The van der Waals surface area contributed by atoms with Gasteiger partial charge in [-0.1, -0.05) is 13.0 Å². The summed E-state index contributed by atoms with van der Waals surface area (Å²) in [7, 11) is 0. The Hall–Kier alpha value is -1.98. The Balaban J connectivity index is 1.67. The van der Waals surface area contributed by atoms with Gasteiger partial charge in [-0.2, -0.15) is 0 Å². The van der Waals surface area contributed by atoms with Crippen LogP contribution in [0.1, 0.15) is 37.7 Å². The maximum absolute atomic E-state index is 13.3. The van der Waals surface area contributed by atoms with Crippen molar-refractivity contribution in [3.63, 3.8) is 0 Å². The van der Waals surface area contributed by atoms with Crippen LogP contribution in [0.3, 0.4) is 0 Å². The SMILES string of the molecule is CC(CN(C(=O)C1CC1c1ccc(F)c(F)c1)C1CC1)C(=O)O. The minimum absolute atomic E-state index is 0.0599. The smallest absolute Gasteiger partial charge is 0.308 e. The molecule has 124 valence electrons. The highest BCUT2D eigenvalue weighted by Gasteiger charge is 2.48. The van der Waals surface area contributed by atoms with E-state index in [0.717, 1.165) is 25.0 Å². The molecule has 6 heteroatoms. The number of amides is 1. The molecule has 2 aliphatic carbocycles. The standard InChI is InChI=1S/C17H19F2NO3/c1-9(17(22)23)8-20(11-3-4-11)16(21)13-7-12(13)10-2-5-14(18)15(19)6-10/h2,5-6,9,11-13H,3-4,7-8H2,1H3,(H,22,23). The monoisotopic (exact) mass is 323 g/mol. The first-order chi connectivity index (χ1) is 10.9. The predicted octanol–water partition coefficient (Wildman–Crippen LogP) is 2.78. The van der Waals surface area contributed by atoms with Crippen LogP contribution in [0.4, 0.5) is 8.78 Å². The Morgan fingerprint density at radius 2 is 2.00 bits per heavy atom. The van der Waals surface area contributed by atoms with E-state index >= 15 is 0 Å². The molecule has 1 N–H and O–H groups in total.